The summed E-state index contributed by atoms with van der Waals surface area (Å²) < 4.78 is 5.00. The molecule has 2 N–H and O–H groups in total. The molecule has 0 saturated carbocycles. The lowest BCUT2D eigenvalue weighted by molar-refractivity contribution is 0.380. The van der Waals surface area contributed by atoms with Crippen LogP contribution in [0.1, 0.15) is 30.6 Å². The van der Waals surface area contributed by atoms with E-state index in [1.807, 2.05) is 13.8 Å². The van der Waals surface area contributed by atoms with Gasteiger partial charge in [-0.2, -0.15) is 12.6 Å². The number of rotatable bonds is 2. The van der Waals surface area contributed by atoms with Crippen molar-refractivity contribution in [2.45, 2.75) is 25.5 Å². The minimum Gasteiger partial charge on any atom is -0.394 e. The van der Waals surface area contributed by atoms with Gasteiger partial charge in [0.2, 0.25) is 0 Å². The SMILES string of the molecule is CCc1noc(C(C)S)c1N. The molecule has 0 fully saturated rings. The first-order valence-electron chi connectivity index (χ1n) is 3.58. The summed E-state index contributed by atoms with van der Waals surface area (Å²) in [5.41, 5.74) is 7.18. The summed E-state index contributed by atoms with van der Waals surface area (Å²) >= 11 is 4.20. The zero-order chi connectivity index (χ0) is 8.43. The fourth-order valence-corrected chi connectivity index (χ4v) is 1.09. The highest BCUT2D eigenvalue weighted by Gasteiger charge is 2.14. The number of nitrogen functional groups attached to an aromatic ring is 1. The molecule has 11 heavy (non-hydrogen) atoms. The molecule has 1 aromatic heterocycles. The third kappa shape index (κ3) is 1.50. The van der Waals surface area contributed by atoms with E-state index in [1.54, 1.807) is 0 Å². The molecule has 0 aliphatic rings. The molecule has 1 heterocycles. The maximum Gasteiger partial charge on any atom is 0.172 e. The first-order valence-corrected chi connectivity index (χ1v) is 4.10. The summed E-state index contributed by atoms with van der Waals surface area (Å²) in [4.78, 5) is 0. The highest BCUT2D eigenvalue weighted by atomic mass is 32.1. The fourth-order valence-electron chi connectivity index (χ4n) is 0.901. The van der Waals surface area contributed by atoms with Gasteiger partial charge in [-0.1, -0.05) is 12.1 Å². The van der Waals surface area contributed by atoms with Gasteiger partial charge in [0.25, 0.3) is 0 Å². The van der Waals surface area contributed by atoms with Crippen molar-refractivity contribution in [3.63, 3.8) is 0 Å². The highest BCUT2D eigenvalue weighted by molar-refractivity contribution is 7.80. The van der Waals surface area contributed by atoms with Crippen LogP contribution < -0.4 is 5.73 Å². The fraction of sp³-hybridized carbons (Fsp3) is 0.571. The summed E-state index contributed by atoms with van der Waals surface area (Å²) in [6.07, 6.45) is 0.801. The molecular weight excluding hydrogens is 160 g/mol. The molecule has 0 saturated heterocycles. The summed E-state index contributed by atoms with van der Waals surface area (Å²) in [5, 5.41) is 3.82. The Kier molecular flexibility index (Phi) is 2.44. The van der Waals surface area contributed by atoms with Gasteiger partial charge in [-0.25, -0.2) is 0 Å². The van der Waals surface area contributed by atoms with Gasteiger partial charge >= 0.3 is 0 Å². The van der Waals surface area contributed by atoms with E-state index in [4.69, 9.17) is 10.3 Å². The van der Waals surface area contributed by atoms with Gasteiger partial charge in [-0.05, 0) is 13.3 Å². The summed E-state index contributed by atoms with van der Waals surface area (Å²) in [6.45, 7) is 3.89. The normalized spacial score (nSPS) is 13.4. The maximum atomic E-state index is 5.71. The summed E-state index contributed by atoms with van der Waals surface area (Å²) in [7, 11) is 0. The zero-order valence-corrected chi connectivity index (χ0v) is 7.56. The Labute approximate surface area is 71.4 Å². The Hall–Kier alpha value is -0.640. The van der Waals surface area contributed by atoms with Gasteiger partial charge in [0.05, 0.1) is 10.9 Å². The summed E-state index contributed by atoms with van der Waals surface area (Å²) in [6, 6.07) is 0. The lowest BCUT2D eigenvalue weighted by atomic mass is 10.2. The monoisotopic (exact) mass is 172 g/mol. The van der Waals surface area contributed by atoms with Crippen molar-refractivity contribution in [2.75, 3.05) is 5.73 Å². The molecular formula is C7H12N2OS. The lowest BCUT2D eigenvalue weighted by Crippen LogP contribution is -1.93. The molecule has 4 heteroatoms. The molecule has 0 aliphatic heterocycles. The van der Waals surface area contributed by atoms with Crippen LogP contribution in [-0.2, 0) is 6.42 Å². The molecule has 1 unspecified atom stereocenters. The highest BCUT2D eigenvalue weighted by Crippen LogP contribution is 2.27. The maximum absolute atomic E-state index is 5.71. The molecule has 62 valence electrons. The van der Waals surface area contributed by atoms with E-state index in [-0.39, 0.29) is 5.25 Å². The van der Waals surface area contributed by atoms with Crippen LogP contribution >= 0.6 is 12.6 Å². The Morgan fingerprint density at radius 2 is 2.36 bits per heavy atom. The van der Waals surface area contributed by atoms with Crippen molar-refractivity contribution >= 4 is 18.3 Å². The largest absolute Gasteiger partial charge is 0.394 e. The van der Waals surface area contributed by atoms with Crippen molar-refractivity contribution in [1.29, 1.82) is 0 Å². The number of aromatic nitrogens is 1. The van der Waals surface area contributed by atoms with Crippen LogP contribution in [0.15, 0.2) is 4.52 Å². The van der Waals surface area contributed by atoms with E-state index in [1.165, 1.54) is 0 Å². The smallest absolute Gasteiger partial charge is 0.172 e. The summed E-state index contributed by atoms with van der Waals surface area (Å²) in [5.74, 6) is 0.671. The Balaban J connectivity index is 3.00. The van der Waals surface area contributed by atoms with Crippen molar-refractivity contribution in [3.05, 3.63) is 11.5 Å². The minimum atomic E-state index is 0.0165. The average molecular weight is 172 g/mol. The Morgan fingerprint density at radius 1 is 1.73 bits per heavy atom. The van der Waals surface area contributed by atoms with Crippen LogP contribution in [0.3, 0.4) is 0 Å². The van der Waals surface area contributed by atoms with E-state index in [0.717, 1.165) is 12.1 Å². The van der Waals surface area contributed by atoms with Crippen molar-refractivity contribution in [2.24, 2.45) is 0 Å². The van der Waals surface area contributed by atoms with E-state index < -0.39 is 0 Å². The second-order valence-electron chi connectivity index (χ2n) is 2.44. The van der Waals surface area contributed by atoms with Crippen molar-refractivity contribution in [3.8, 4) is 0 Å². The molecule has 1 aromatic rings. The van der Waals surface area contributed by atoms with Gasteiger partial charge in [-0.15, -0.1) is 0 Å². The number of nitrogens with two attached hydrogens (primary N) is 1. The third-order valence-electron chi connectivity index (χ3n) is 1.54. The quantitative estimate of drug-likeness (QED) is 0.669. The number of aryl methyl sites for hydroxylation is 1. The molecule has 0 aliphatic carbocycles. The molecule has 0 aromatic carbocycles. The molecule has 0 amide bonds. The number of nitrogens with zero attached hydrogens (tertiary/aromatic N) is 1. The lowest BCUT2D eigenvalue weighted by Gasteiger charge is -1.97. The van der Waals surface area contributed by atoms with Crippen LogP contribution in [0, 0.1) is 0 Å². The van der Waals surface area contributed by atoms with E-state index in [0.29, 0.717) is 11.4 Å². The topological polar surface area (TPSA) is 52.0 Å². The first kappa shape index (κ1) is 8.46. The Morgan fingerprint density at radius 3 is 2.64 bits per heavy atom. The van der Waals surface area contributed by atoms with E-state index >= 15 is 0 Å². The minimum absolute atomic E-state index is 0.0165. The van der Waals surface area contributed by atoms with E-state index in [2.05, 4.69) is 17.8 Å². The molecule has 0 spiro atoms. The predicted octanol–water partition coefficient (Wildman–Crippen LogP) is 1.81. The average Bonchev–Trinajstić information content (AvgIpc) is 2.30. The van der Waals surface area contributed by atoms with Gasteiger partial charge in [0, 0.05) is 0 Å². The van der Waals surface area contributed by atoms with Crippen LogP contribution in [-0.4, -0.2) is 5.16 Å². The second kappa shape index (κ2) is 3.17. The Bertz CT molecular complexity index is 245. The molecule has 0 radical (unpaired) electrons. The van der Waals surface area contributed by atoms with Gasteiger partial charge in [-0.3, -0.25) is 0 Å². The van der Waals surface area contributed by atoms with E-state index in [9.17, 15) is 0 Å². The predicted molar refractivity (Wildman–Crippen MR) is 47.7 cm³/mol. The number of anilines is 1. The van der Waals surface area contributed by atoms with Gasteiger partial charge in [0.15, 0.2) is 5.76 Å². The first-order chi connectivity index (χ1) is 5.16. The van der Waals surface area contributed by atoms with Crippen LogP contribution in [0.4, 0.5) is 5.69 Å². The van der Waals surface area contributed by atoms with Crippen LogP contribution in [0.2, 0.25) is 0 Å². The van der Waals surface area contributed by atoms with Crippen molar-refractivity contribution in [1.82, 2.24) is 5.16 Å². The molecule has 3 nitrogen and oxygen atoms in total. The number of hydrogen-bond acceptors (Lipinski definition) is 4. The second-order valence-corrected chi connectivity index (χ2v) is 3.21. The third-order valence-corrected chi connectivity index (χ3v) is 1.78. The number of hydrogen-bond donors (Lipinski definition) is 2. The zero-order valence-electron chi connectivity index (χ0n) is 6.66. The molecule has 0 bridgehead atoms. The van der Waals surface area contributed by atoms with Crippen molar-refractivity contribution < 1.29 is 4.52 Å². The number of thiol groups is 1. The van der Waals surface area contributed by atoms with Gasteiger partial charge < -0.3 is 10.3 Å². The van der Waals surface area contributed by atoms with Crippen LogP contribution in [0.25, 0.3) is 0 Å². The molecule has 1 atom stereocenters. The van der Waals surface area contributed by atoms with Gasteiger partial charge in [0.1, 0.15) is 5.69 Å². The molecule has 1 rings (SSSR count). The van der Waals surface area contributed by atoms with Crippen LogP contribution in [0.5, 0.6) is 0 Å². The standard InChI is InChI=1S/C7H12N2OS/c1-3-5-6(8)7(4(2)11)10-9-5/h4,11H,3,8H2,1-2H3.